The molecule has 112 valence electrons. The van der Waals surface area contributed by atoms with Crippen LogP contribution in [0.5, 0.6) is 0 Å². The van der Waals surface area contributed by atoms with Gasteiger partial charge in [0.2, 0.25) is 0 Å². The Kier molecular flexibility index (Phi) is 5.08. The Balaban J connectivity index is 2.43. The number of hydrazine groups is 1. The molecule has 0 fully saturated rings. The number of hydrogen-bond acceptors (Lipinski definition) is 5. The Morgan fingerprint density at radius 3 is 2.81 bits per heavy atom. The summed E-state index contributed by atoms with van der Waals surface area (Å²) in [6.07, 6.45) is 0.821. The van der Waals surface area contributed by atoms with Gasteiger partial charge in [0.25, 0.3) is 5.91 Å². The number of fused-ring (bicyclic) bond motifs is 1. The van der Waals surface area contributed by atoms with Gasteiger partial charge in [-0.1, -0.05) is 31.2 Å². The van der Waals surface area contributed by atoms with Crippen molar-refractivity contribution >= 4 is 22.5 Å². The number of nitrogens with two attached hydrogens (primary N) is 1. The number of pyridine rings is 1. The molecule has 1 aromatic heterocycles. The minimum atomic E-state index is -0.201. The number of benzene rings is 1. The number of anilines is 1. The van der Waals surface area contributed by atoms with E-state index in [1.54, 1.807) is 11.0 Å². The number of hydrogen-bond donors (Lipinski definition) is 3. The number of carbonyl (C=O) groups is 1. The van der Waals surface area contributed by atoms with Crippen LogP contribution in [0, 0.1) is 0 Å². The van der Waals surface area contributed by atoms with E-state index in [1.165, 1.54) is 0 Å². The summed E-state index contributed by atoms with van der Waals surface area (Å²) in [4.78, 5) is 18.4. The summed E-state index contributed by atoms with van der Waals surface area (Å²) in [5, 5.41) is 10.8. The lowest BCUT2D eigenvalue weighted by atomic mass is 10.1. The average molecular weight is 288 g/mol. The van der Waals surface area contributed by atoms with Gasteiger partial charge >= 0.3 is 0 Å². The second kappa shape index (κ2) is 7.01. The summed E-state index contributed by atoms with van der Waals surface area (Å²) >= 11 is 0. The molecule has 0 aliphatic rings. The van der Waals surface area contributed by atoms with Gasteiger partial charge in [-0.2, -0.15) is 0 Å². The molecule has 0 spiro atoms. The second-order valence-electron chi connectivity index (χ2n) is 4.74. The fraction of sp³-hybridized carbons (Fsp3) is 0.333. The zero-order valence-electron chi connectivity index (χ0n) is 12.0. The van der Waals surface area contributed by atoms with E-state index in [4.69, 9.17) is 10.9 Å². The average Bonchev–Trinajstić information content (AvgIpc) is 2.52. The highest BCUT2D eigenvalue weighted by atomic mass is 16.3. The first-order valence-electron chi connectivity index (χ1n) is 6.97. The molecule has 4 N–H and O–H groups in total. The van der Waals surface area contributed by atoms with Crippen LogP contribution in [0.15, 0.2) is 30.3 Å². The smallest absolute Gasteiger partial charge is 0.272 e. The molecule has 0 saturated heterocycles. The maximum Gasteiger partial charge on any atom is 0.272 e. The monoisotopic (exact) mass is 288 g/mol. The van der Waals surface area contributed by atoms with Crippen molar-refractivity contribution in [1.82, 2.24) is 9.88 Å². The van der Waals surface area contributed by atoms with Crippen LogP contribution in [0.25, 0.3) is 10.8 Å². The molecule has 21 heavy (non-hydrogen) atoms. The Morgan fingerprint density at radius 1 is 1.38 bits per heavy atom. The fourth-order valence-electron chi connectivity index (χ4n) is 2.29. The molecule has 0 saturated carbocycles. The largest absolute Gasteiger partial charge is 0.395 e. The van der Waals surface area contributed by atoms with Gasteiger partial charge in [0.15, 0.2) is 0 Å². The van der Waals surface area contributed by atoms with E-state index in [9.17, 15) is 4.79 Å². The Morgan fingerprint density at radius 2 is 2.14 bits per heavy atom. The molecule has 0 aliphatic carbocycles. The van der Waals surface area contributed by atoms with E-state index in [1.807, 2.05) is 31.2 Å². The van der Waals surface area contributed by atoms with E-state index in [2.05, 4.69) is 10.4 Å². The van der Waals surface area contributed by atoms with E-state index in [0.717, 1.165) is 17.2 Å². The number of nitrogens with zero attached hydrogens (tertiary/aromatic N) is 2. The number of nitrogen functional groups attached to an aromatic ring is 1. The van der Waals surface area contributed by atoms with Gasteiger partial charge in [-0.25, -0.2) is 10.8 Å². The molecule has 1 amide bonds. The summed E-state index contributed by atoms with van der Waals surface area (Å²) < 4.78 is 0. The lowest BCUT2D eigenvalue weighted by molar-refractivity contribution is 0.0716. The minimum absolute atomic E-state index is 0.0681. The summed E-state index contributed by atoms with van der Waals surface area (Å²) in [6.45, 7) is 2.80. The van der Waals surface area contributed by atoms with Crippen molar-refractivity contribution in [2.45, 2.75) is 13.3 Å². The van der Waals surface area contributed by atoms with Crippen molar-refractivity contribution in [3.63, 3.8) is 0 Å². The minimum Gasteiger partial charge on any atom is -0.395 e. The number of carbonyl (C=O) groups excluding carboxylic acids is 1. The zero-order valence-corrected chi connectivity index (χ0v) is 12.0. The van der Waals surface area contributed by atoms with Gasteiger partial charge < -0.3 is 15.4 Å². The van der Waals surface area contributed by atoms with E-state index >= 15 is 0 Å². The topological polar surface area (TPSA) is 91.5 Å². The van der Waals surface area contributed by atoms with Crippen molar-refractivity contribution in [2.75, 3.05) is 25.1 Å². The number of aromatic nitrogens is 1. The van der Waals surface area contributed by atoms with Crippen molar-refractivity contribution in [1.29, 1.82) is 0 Å². The van der Waals surface area contributed by atoms with Crippen LogP contribution in [-0.2, 0) is 0 Å². The highest BCUT2D eigenvalue weighted by molar-refractivity contribution is 6.00. The molecule has 2 rings (SSSR count). The highest BCUT2D eigenvalue weighted by Crippen LogP contribution is 2.22. The van der Waals surface area contributed by atoms with Crippen molar-refractivity contribution in [2.24, 2.45) is 5.84 Å². The van der Waals surface area contributed by atoms with Crippen LogP contribution < -0.4 is 11.3 Å². The maximum atomic E-state index is 12.5. The van der Waals surface area contributed by atoms with Gasteiger partial charge in [0.05, 0.1) is 6.61 Å². The molecular formula is C15H20N4O2. The van der Waals surface area contributed by atoms with E-state index in [-0.39, 0.29) is 12.5 Å². The Bertz CT molecular complexity index is 624. The third-order valence-corrected chi connectivity index (χ3v) is 3.25. The maximum absolute atomic E-state index is 12.5. The Hall–Kier alpha value is -2.18. The Labute approximate surface area is 123 Å². The molecule has 0 unspecified atom stereocenters. The highest BCUT2D eigenvalue weighted by Gasteiger charge is 2.17. The molecule has 0 radical (unpaired) electrons. The normalized spacial score (nSPS) is 10.6. The van der Waals surface area contributed by atoms with Crippen LogP contribution in [0.4, 0.5) is 5.82 Å². The summed E-state index contributed by atoms with van der Waals surface area (Å²) in [6, 6.07) is 9.34. The van der Waals surface area contributed by atoms with Crippen molar-refractivity contribution in [3.05, 3.63) is 36.0 Å². The third kappa shape index (κ3) is 3.29. The molecule has 6 nitrogen and oxygen atoms in total. The van der Waals surface area contributed by atoms with Gasteiger partial charge in [-0.15, -0.1) is 0 Å². The number of nitrogens with one attached hydrogen (secondary N) is 1. The van der Waals surface area contributed by atoms with Crippen LogP contribution >= 0.6 is 0 Å². The lowest BCUT2D eigenvalue weighted by Crippen LogP contribution is -2.35. The number of aliphatic hydroxyl groups excluding tert-OH is 1. The standard InChI is InChI=1S/C15H20N4O2/c1-2-7-19(8-9-20)15(21)13-10-11-5-3-4-6-12(11)14(17-13)18-16/h3-6,10,20H,2,7-9,16H2,1H3,(H,17,18). The number of amides is 1. The molecule has 0 atom stereocenters. The van der Waals surface area contributed by atoms with E-state index in [0.29, 0.717) is 24.6 Å². The zero-order chi connectivity index (χ0) is 15.2. The summed E-state index contributed by atoms with van der Waals surface area (Å²) in [7, 11) is 0. The molecule has 1 heterocycles. The molecule has 6 heteroatoms. The first-order valence-corrected chi connectivity index (χ1v) is 6.97. The van der Waals surface area contributed by atoms with Crippen molar-refractivity contribution < 1.29 is 9.90 Å². The van der Waals surface area contributed by atoms with Gasteiger partial charge in [0.1, 0.15) is 11.5 Å². The second-order valence-corrected chi connectivity index (χ2v) is 4.74. The van der Waals surface area contributed by atoms with Crippen LogP contribution in [-0.4, -0.2) is 40.6 Å². The molecular weight excluding hydrogens is 268 g/mol. The summed E-state index contributed by atoms with van der Waals surface area (Å²) in [5.74, 6) is 5.77. The number of aliphatic hydroxyl groups is 1. The van der Waals surface area contributed by atoms with Crippen LogP contribution in [0.2, 0.25) is 0 Å². The molecule has 1 aromatic carbocycles. The lowest BCUT2D eigenvalue weighted by Gasteiger charge is -2.21. The predicted octanol–water partition coefficient (Wildman–Crippen LogP) is 1.36. The van der Waals surface area contributed by atoms with Crippen LogP contribution in [0.3, 0.4) is 0 Å². The predicted molar refractivity (Wildman–Crippen MR) is 82.8 cm³/mol. The number of rotatable bonds is 6. The van der Waals surface area contributed by atoms with Gasteiger partial charge in [0, 0.05) is 18.5 Å². The molecule has 0 bridgehead atoms. The first-order chi connectivity index (χ1) is 10.2. The van der Waals surface area contributed by atoms with Crippen molar-refractivity contribution in [3.8, 4) is 0 Å². The van der Waals surface area contributed by atoms with Crippen LogP contribution in [0.1, 0.15) is 23.8 Å². The summed E-state index contributed by atoms with van der Waals surface area (Å²) in [5.41, 5.74) is 2.86. The third-order valence-electron chi connectivity index (χ3n) is 3.25. The molecule has 2 aromatic rings. The quantitative estimate of drug-likeness (QED) is 0.551. The first kappa shape index (κ1) is 15.2. The fourth-order valence-corrected chi connectivity index (χ4v) is 2.29. The molecule has 0 aliphatic heterocycles. The SMILES string of the molecule is CCCN(CCO)C(=O)c1cc2ccccc2c(NN)n1. The van der Waals surface area contributed by atoms with E-state index < -0.39 is 0 Å². The van der Waals surface area contributed by atoms with Gasteiger partial charge in [-0.05, 0) is 17.9 Å². The van der Waals surface area contributed by atoms with Gasteiger partial charge in [-0.3, -0.25) is 4.79 Å².